The number of piperazine rings is 1. The number of hydrogen-bond acceptors (Lipinski definition) is 12. The van der Waals surface area contributed by atoms with Crippen LogP contribution >= 0.6 is 0 Å². The lowest BCUT2D eigenvalue weighted by Gasteiger charge is -2.35. The van der Waals surface area contributed by atoms with Gasteiger partial charge in [0.1, 0.15) is 40.2 Å². The number of fused-ring (bicyclic) bond motifs is 3. The topological polar surface area (TPSA) is 226 Å². The average Bonchev–Trinajstić information content (AvgIpc) is 4.02. The minimum Gasteiger partial charge on any atom is -0.496 e. The van der Waals surface area contributed by atoms with Gasteiger partial charge in [0.2, 0.25) is 17.7 Å². The van der Waals surface area contributed by atoms with E-state index >= 15 is 0 Å². The van der Waals surface area contributed by atoms with Crippen LogP contribution in [0, 0.1) is 5.82 Å². The predicted octanol–water partition coefficient (Wildman–Crippen LogP) is 4.36. The Morgan fingerprint density at radius 3 is 2.42 bits per heavy atom. The van der Waals surface area contributed by atoms with E-state index in [-0.39, 0.29) is 79.4 Å². The van der Waals surface area contributed by atoms with Crippen LogP contribution in [-0.2, 0) is 20.9 Å². The molecular formula is C51H56FN11O8. The van der Waals surface area contributed by atoms with Crippen molar-refractivity contribution in [3.05, 3.63) is 107 Å². The number of nitrogen functional groups attached to an aromatic ring is 1. The van der Waals surface area contributed by atoms with E-state index in [2.05, 4.69) is 30.2 Å². The molecule has 3 fully saturated rings. The van der Waals surface area contributed by atoms with Gasteiger partial charge < -0.3 is 35.6 Å². The number of anilines is 2. The number of carbonyl (C=O) groups is 6. The van der Waals surface area contributed by atoms with Gasteiger partial charge in [0.15, 0.2) is 0 Å². The molecule has 7 amide bonds. The third kappa shape index (κ3) is 10.5. The van der Waals surface area contributed by atoms with Crippen LogP contribution in [-0.4, -0.2) is 137 Å². The van der Waals surface area contributed by atoms with Crippen LogP contribution in [0.3, 0.4) is 0 Å². The standard InChI is InChI=1S/C51H56FN11O8/c1-70-40-15-12-35(52)27-38(40)49(67)55-28-31-6-8-32(9-7-31)45-46-47(53)54-29-37-5-3-4-18-61(30-43(65)56-36-13-10-33(25-36)48(58-45)63(37)46)44(66)17-19-59-21-23-60(24-22-59)50(68)34-11-14-41(71-2)39(26-34)62-20-16-42(64)57-51(62)69/h3,5-9,11-12,14-15,26-27,29,33,36H,4,10,13,16-25,28,30H2,1-2H3,(H2,53,54)(H,55,67)(H,56,65)(H,57,64,69)/b5-3+/t33-,36-/m1/s1. The lowest BCUT2D eigenvalue weighted by Crippen LogP contribution is -2.50. The number of nitrogens with one attached hydrogen (secondary N) is 3. The van der Waals surface area contributed by atoms with Crippen molar-refractivity contribution in [1.82, 2.24) is 45.0 Å². The van der Waals surface area contributed by atoms with Crippen molar-refractivity contribution >= 4 is 58.7 Å². The first-order chi connectivity index (χ1) is 34.4. The molecule has 1 saturated carbocycles. The van der Waals surface area contributed by atoms with Gasteiger partial charge in [-0.05, 0) is 73.7 Å². The summed E-state index contributed by atoms with van der Waals surface area (Å²) < 4.78 is 26.7. The van der Waals surface area contributed by atoms with Gasteiger partial charge in [0, 0.05) is 88.3 Å². The molecule has 0 radical (unpaired) electrons. The maximum absolute atomic E-state index is 13.9. The fourth-order valence-corrected chi connectivity index (χ4v) is 9.82. The largest absolute Gasteiger partial charge is 0.496 e. The Bertz CT molecular complexity index is 2920. The Morgan fingerprint density at radius 2 is 1.66 bits per heavy atom. The van der Waals surface area contributed by atoms with E-state index in [1.165, 1.54) is 31.3 Å². The molecule has 5 heterocycles. The summed E-state index contributed by atoms with van der Waals surface area (Å²) in [5.41, 5.74) is 11.2. The van der Waals surface area contributed by atoms with Crippen molar-refractivity contribution in [2.75, 3.05) is 77.2 Å². The lowest BCUT2D eigenvalue weighted by atomic mass is 10.1. The number of nitrogens with two attached hydrogens (primary N) is 1. The molecule has 20 heteroatoms. The summed E-state index contributed by atoms with van der Waals surface area (Å²) in [5, 5.41) is 8.34. The monoisotopic (exact) mass is 969 g/mol. The summed E-state index contributed by atoms with van der Waals surface area (Å²) >= 11 is 0. The minimum atomic E-state index is -0.573. The molecule has 2 bridgehead atoms. The van der Waals surface area contributed by atoms with E-state index in [4.69, 9.17) is 20.2 Å². The number of amides is 7. The molecule has 3 aromatic carbocycles. The summed E-state index contributed by atoms with van der Waals surface area (Å²) in [4.78, 5) is 95.1. The van der Waals surface area contributed by atoms with E-state index in [0.29, 0.717) is 86.1 Å². The van der Waals surface area contributed by atoms with Crippen molar-refractivity contribution in [2.24, 2.45) is 0 Å². The molecule has 5 aromatic rings. The number of rotatable bonds is 11. The van der Waals surface area contributed by atoms with E-state index in [9.17, 15) is 33.2 Å². The Balaban J connectivity index is 0.844. The van der Waals surface area contributed by atoms with Crippen molar-refractivity contribution in [1.29, 1.82) is 0 Å². The van der Waals surface area contributed by atoms with Crippen LogP contribution in [0.5, 0.6) is 11.5 Å². The van der Waals surface area contributed by atoms with E-state index < -0.39 is 17.8 Å². The number of hydrogen-bond donors (Lipinski definition) is 4. The number of methoxy groups -OCH3 is 2. The van der Waals surface area contributed by atoms with Gasteiger partial charge in [-0.3, -0.25) is 43.5 Å². The SMILES string of the molecule is COc1ccc(F)cc1C(=O)NCc1ccc(-c2nc3n4c(cnc(N)c24)/C=C/CCN(C(=O)CCN2CCN(C(=O)c4ccc(OC)c(N5CCC(=O)NC5=O)c4)CC2)CC(=O)N[C@@H]2CC[C@@H]3C2)cc1. The second-order valence-electron chi connectivity index (χ2n) is 18.1. The molecule has 5 N–H and O–H groups in total. The molecule has 71 heavy (non-hydrogen) atoms. The van der Waals surface area contributed by atoms with Crippen molar-refractivity contribution in [3.63, 3.8) is 0 Å². The van der Waals surface area contributed by atoms with Crippen LogP contribution < -0.4 is 36.1 Å². The van der Waals surface area contributed by atoms with Crippen LogP contribution in [0.1, 0.15) is 82.2 Å². The molecule has 2 saturated heterocycles. The van der Waals surface area contributed by atoms with Crippen molar-refractivity contribution in [3.8, 4) is 22.8 Å². The zero-order chi connectivity index (χ0) is 49.8. The van der Waals surface area contributed by atoms with E-state index in [0.717, 1.165) is 41.6 Å². The molecule has 0 unspecified atom stereocenters. The highest BCUT2D eigenvalue weighted by atomic mass is 19.1. The van der Waals surface area contributed by atoms with Gasteiger partial charge in [-0.15, -0.1) is 0 Å². The number of benzene rings is 3. The molecule has 370 valence electrons. The number of urea groups is 1. The third-order valence-corrected chi connectivity index (χ3v) is 13.6. The summed E-state index contributed by atoms with van der Waals surface area (Å²) in [6.07, 6.45) is 8.57. The van der Waals surface area contributed by atoms with Crippen LogP contribution in [0.15, 0.2) is 72.9 Å². The van der Waals surface area contributed by atoms with Gasteiger partial charge in [0.05, 0.1) is 43.9 Å². The highest BCUT2D eigenvalue weighted by molar-refractivity contribution is 6.07. The number of aromatic nitrogens is 3. The molecular weight excluding hydrogens is 914 g/mol. The van der Waals surface area contributed by atoms with E-state index in [1.54, 1.807) is 34.2 Å². The van der Waals surface area contributed by atoms with Gasteiger partial charge in [-0.2, -0.15) is 0 Å². The van der Waals surface area contributed by atoms with Gasteiger partial charge in [-0.1, -0.05) is 30.3 Å². The molecule has 19 nitrogen and oxygen atoms in total. The second-order valence-corrected chi connectivity index (χ2v) is 18.1. The number of ether oxygens (including phenoxy) is 2. The first kappa shape index (κ1) is 48.2. The maximum Gasteiger partial charge on any atom is 0.328 e. The Kier molecular flexibility index (Phi) is 14.3. The van der Waals surface area contributed by atoms with Crippen LogP contribution in [0.25, 0.3) is 22.9 Å². The second kappa shape index (κ2) is 21.0. The van der Waals surface area contributed by atoms with Crippen LogP contribution in [0.4, 0.5) is 20.7 Å². The Hall–Kier alpha value is -7.87. The molecule has 4 aliphatic rings. The molecule has 1 aliphatic carbocycles. The normalized spacial score (nSPS) is 19.2. The average molecular weight is 970 g/mol. The van der Waals surface area contributed by atoms with Crippen molar-refractivity contribution < 1.29 is 42.6 Å². The number of carbonyl (C=O) groups excluding carboxylic acids is 6. The lowest BCUT2D eigenvalue weighted by molar-refractivity contribution is -0.136. The number of nitrogens with zero attached hydrogens (tertiary/aromatic N) is 7. The Labute approximate surface area is 409 Å². The molecule has 2 atom stereocenters. The first-order valence-corrected chi connectivity index (χ1v) is 23.8. The van der Waals surface area contributed by atoms with Gasteiger partial charge in [-0.25, -0.2) is 19.2 Å². The molecule has 0 spiro atoms. The fourth-order valence-electron chi connectivity index (χ4n) is 9.82. The predicted molar refractivity (Wildman–Crippen MR) is 261 cm³/mol. The van der Waals surface area contributed by atoms with E-state index in [1.807, 2.05) is 36.4 Å². The van der Waals surface area contributed by atoms with Crippen molar-refractivity contribution in [2.45, 2.75) is 57.0 Å². The number of imide groups is 1. The minimum absolute atomic E-state index is 0.00856. The summed E-state index contributed by atoms with van der Waals surface area (Å²) in [6.45, 7) is 3.03. The molecule has 3 aliphatic heterocycles. The highest BCUT2D eigenvalue weighted by Gasteiger charge is 2.34. The number of imidazole rings is 1. The Morgan fingerprint density at radius 1 is 0.887 bits per heavy atom. The smallest absolute Gasteiger partial charge is 0.328 e. The van der Waals surface area contributed by atoms with Gasteiger partial charge in [0.25, 0.3) is 11.8 Å². The first-order valence-electron chi connectivity index (χ1n) is 23.8. The quantitative estimate of drug-likeness (QED) is 0.145. The summed E-state index contributed by atoms with van der Waals surface area (Å²) in [5.74, 6) is -0.138. The van der Waals surface area contributed by atoms with Gasteiger partial charge >= 0.3 is 6.03 Å². The van der Waals surface area contributed by atoms with Crippen LogP contribution in [0.2, 0.25) is 0 Å². The molecule has 2 aromatic heterocycles. The maximum atomic E-state index is 13.9. The summed E-state index contributed by atoms with van der Waals surface area (Å²) in [6, 6.07) is 15.6. The summed E-state index contributed by atoms with van der Waals surface area (Å²) in [7, 11) is 2.90. The zero-order valence-corrected chi connectivity index (χ0v) is 39.6. The number of halogens is 1. The molecule has 9 rings (SSSR count). The fraction of sp³-hybridized carbons (Fsp3) is 0.373. The highest BCUT2D eigenvalue weighted by Crippen LogP contribution is 2.39. The zero-order valence-electron chi connectivity index (χ0n) is 39.6. The third-order valence-electron chi connectivity index (χ3n) is 13.6.